The average Bonchev–Trinajstić information content (AvgIpc) is 2.86. The number of carbonyl (C=O) groups is 1. The lowest BCUT2D eigenvalue weighted by Crippen LogP contribution is -2.42. The van der Waals surface area contributed by atoms with Gasteiger partial charge < -0.3 is 20.7 Å². The SMILES string of the molecule is CCOc1cc(N)cc(N2CCCC2C(=O)NC)c1. The third-order valence-corrected chi connectivity index (χ3v) is 3.36. The zero-order valence-corrected chi connectivity index (χ0v) is 11.5. The number of ether oxygens (including phenoxy) is 1. The molecular formula is C14H21N3O2. The first-order valence-electron chi connectivity index (χ1n) is 6.67. The van der Waals surface area contributed by atoms with E-state index in [1.807, 2.05) is 19.1 Å². The van der Waals surface area contributed by atoms with Crippen LogP contribution in [0.4, 0.5) is 11.4 Å². The lowest BCUT2D eigenvalue weighted by atomic mass is 10.2. The Hall–Kier alpha value is -1.91. The van der Waals surface area contributed by atoms with Crippen molar-refractivity contribution < 1.29 is 9.53 Å². The van der Waals surface area contributed by atoms with Crippen LogP contribution in [0.2, 0.25) is 0 Å². The molecule has 1 fully saturated rings. The molecule has 0 spiro atoms. The molecule has 1 heterocycles. The zero-order valence-electron chi connectivity index (χ0n) is 11.5. The molecule has 1 aromatic carbocycles. The zero-order chi connectivity index (χ0) is 13.8. The molecule has 0 radical (unpaired) electrons. The van der Waals surface area contributed by atoms with Gasteiger partial charge in [0.1, 0.15) is 11.8 Å². The Morgan fingerprint density at radius 1 is 1.53 bits per heavy atom. The first kappa shape index (κ1) is 13.5. The van der Waals surface area contributed by atoms with Gasteiger partial charge in [0.25, 0.3) is 0 Å². The number of anilines is 2. The van der Waals surface area contributed by atoms with Gasteiger partial charge in [0.05, 0.1) is 6.61 Å². The predicted octanol–water partition coefficient (Wildman–Crippen LogP) is 1.38. The van der Waals surface area contributed by atoms with Crippen molar-refractivity contribution >= 4 is 17.3 Å². The molecule has 3 N–H and O–H groups in total. The van der Waals surface area contributed by atoms with Gasteiger partial charge in [0.15, 0.2) is 0 Å². The van der Waals surface area contributed by atoms with E-state index in [0.717, 1.165) is 30.8 Å². The van der Waals surface area contributed by atoms with E-state index in [9.17, 15) is 4.79 Å². The quantitative estimate of drug-likeness (QED) is 0.805. The number of benzene rings is 1. The highest BCUT2D eigenvalue weighted by Gasteiger charge is 2.30. The van der Waals surface area contributed by atoms with Gasteiger partial charge in [-0.2, -0.15) is 0 Å². The number of hydrogen-bond acceptors (Lipinski definition) is 4. The van der Waals surface area contributed by atoms with E-state index in [1.54, 1.807) is 13.1 Å². The molecule has 0 aliphatic carbocycles. The van der Waals surface area contributed by atoms with Crippen molar-refractivity contribution in [2.75, 3.05) is 30.8 Å². The lowest BCUT2D eigenvalue weighted by Gasteiger charge is -2.26. The monoisotopic (exact) mass is 263 g/mol. The summed E-state index contributed by atoms with van der Waals surface area (Å²) in [7, 11) is 1.67. The molecule has 1 amide bonds. The third-order valence-electron chi connectivity index (χ3n) is 3.36. The number of nitrogens with zero attached hydrogens (tertiary/aromatic N) is 1. The third kappa shape index (κ3) is 2.92. The summed E-state index contributed by atoms with van der Waals surface area (Å²) in [6.07, 6.45) is 1.88. The molecule has 1 saturated heterocycles. The number of amides is 1. The molecule has 5 nitrogen and oxygen atoms in total. The number of nitrogens with one attached hydrogen (secondary N) is 1. The van der Waals surface area contributed by atoms with E-state index in [1.165, 1.54) is 0 Å². The minimum absolute atomic E-state index is 0.0536. The fourth-order valence-corrected chi connectivity index (χ4v) is 2.54. The summed E-state index contributed by atoms with van der Waals surface area (Å²) in [5.41, 5.74) is 7.51. The maximum Gasteiger partial charge on any atom is 0.242 e. The van der Waals surface area contributed by atoms with Gasteiger partial charge in [-0.05, 0) is 25.8 Å². The van der Waals surface area contributed by atoms with E-state index < -0.39 is 0 Å². The van der Waals surface area contributed by atoms with Crippen molar-refractivity contribution in [3.05, 3.63) is 18.2 Å². The molecule has 0 aromatic heterocycles. The van der Waals surface area contributed by atoms with Crippen LogP contribution in [-0.2, 0) is 4.79 Å². The van der Waals surface area contributed by atoms with Gasteiger partial charge >= 0.3 is 0 Å². The van der Waals surface area contributed by atoms with Crippen LogP contribution in [0.25, 0.3) is 0 Å². The molecule has 1 aromatic rings. The number of rotatable bonds is 4. The molecule has 0 saturated carbocycles. The number of nitrogens with two attached hydrogens (primary N) is 1. The molecule has 1 atom stereocenters. The Balaban J connectivity index is 2.27. The smallest absolute Gasteiger partial charge is 0.242 e. The number of hydrogen-bond donors (Lipinski definition) is 2. The van der Waals surface area contributed by atoms with E-state index in [0.29, 0.717) is 12.3 Å². The van der Waals surface area contributed by atoms with Crippen LogP contribution in [0, 0.1) is 0 Å². The van der Waals surface area contributed by atoms with Crippen LogP contribution in [0.5, 0.6) is 5.75 Å². The highest BCUT2D eigenvalue weighted by atomic mass is 16.5. The average molecular weight is 263 g/mol. The van der Waals surface area contributed by atoms with Gasteiger partial charge in [-0.1, -0.05) is 0 Å². The summed E-state index contributed by atoms with van der Waals surface area (Å²) in [6.45, 7) is 3.40. The standard InChI is InChI=1S/C14H21N3O2/c1-3-19-12-8-10(15)7-11(9-12)17-6-4-5-13(17)14(18)16-2/h7-9,13H,3-6,15H2,1-2H3,(H,16,18). The van der Waals surface area contributed by atoms with E-state index in [4.69, 9.17) is 10.5 Å². The minimum Gasteiger partial charge on any atom is -0.494 e. The van der Waals surface area contributed by atoms with Crippen LogP contribution in [0.1, 0.15) is 19.8 Å². The van der Waals surface area contributed by atoms with Gasteiger partial charge in [0, 0.05) is 37.1 Å². The van der Waals surface area contributed by atoms with Crippen molar-refractivity contribution in [2.24, 2.45) is 0 Å². The maximum absolute atomic E-state index is 11.9. The molecule has 1 unspecified atom stereocenters. The Morgan fingerprint density at radius 2 is 2.32 bits per heavy atom. The Morgan fingerprint density at radius 3 is 3.00 bits per heavy atom. The van der Waals surface area contributed by atoms with Crippen molar-refractivity contribution in [2.45, 2.75) is 25.8 Å². The van der Waals surface area contributed by atoms with Crippen LogP contribution >= 0.6 is 0 Å². The first-order valence-corrected chi connectivity index (χ1v) is 6.67. The molecule has 19 heavy (non-hydrogen) atoms. The Labute approximate surface area is 113 Å². The summed E-state index contributed by atoms with van der Waals surface area (Å²) in [5, 5.41) is 2.72. The lowest BCUT2D eigenvalue weighted by molar-refractivity contribution is -0.121. The first-order chi connectivity index (χ1) is 9.15. The van der Waals surface area contributed by atoms with Crippen LogP contribution in [-0.4, -0.2) is 32.1 Å². The summed E-state index contributed by atoms with van der Waals surface area (Å²) < 4.78 is 5.50. The van der Waals surface area contributed by atoms with Gasteiger partial charge in [-0.15, -0.1) is 0 Å². The largest absolute Gasteiger partial charge is 0.494 e. The van der Waals surface area contributed by atoms with Crippen molar-refractivity contribution in [1.29, 1.82) is 0 Å². The van der Waals surface area contributed by atoms with Crippen molar-refractivity contribution in [1.82, 2.24) is 5.32 Å². The molecule has 5 heteroatoms. The van der Waals surface area contributed by atoms with E-state index >= 15 is 0 Å². The fraction of sp³-hybridized carbons (Fsp3) is 0.500. The van der Waals surface area contributed by atoms with Gasteiger partial charge in [0.2, 0.25) is 5.91 Å². The second kappa shape index (κ2) is 5.82. The highest BCUT2D eigenvalue weighted by molar-refractivity contribution is 5.86. The number of likely N-dealkylation sites (N-methyl/N-ethyl adjacent to an activating group) is 1. The topological polar surface area (TPSA) is 67.6 Å². The highest BCUT2D eigenvalue weighted by Crippen LogP contribution is 2.31. The molecular weight excluding hydrogens is 242 g/mol. The Bertz CT molecular complexity index is 462. The van der Waals surface area contributed by atoms with Gasteiger partial charge in [-0.3, -0.25) is 4.79 Å². The van der Waals surface area contributed by atoms with Crippen molar-refractivity contribution in [3.63, 3.8) is 0 Å². The van der Waals surface area contributed by atoms with Crippen molar-refractivity contribution in [3.8, 4) is 5.75 Å². The van der Waals surface area contributed by atoms with Crippen LogP contribution < -0.4 is 20.7 Å². The number of nitrogen functional groups attached to an aromatic ring is 1. The Kier molecular flexibility index (Phi) is 4.14. The molecule has 104 valence electrons. The summed E-state index contributed by atoms with van der Waals surface area (Å²) in [4.78, 5) is 14.0. The van der Waals surface area contributed by atoms with E-state index in [-0.39, 0.29) is 11.9 Å². The second-order valence-electron chi connectivity index (χ2n) is 4.66. The van der Waals surface area contributed by atoms with E-state index in [2.05, 4.69) is 10.2 Å². The maximum atomic E-state index is 11.9. The van der Waals surface area contributed by atoms with Crippen LogP contribution in [0.15, 0.2) is 18.2 Å². The summed E-state index contributed by atoms with van der Waals surface area (Å²) >= 11 is 0. The van der Waals surface area contributed by atoms with Crippen LogP contribution in [0.3, 0.4) is 0 Å². The summed E-state index contributed by atoms with van der Waals surface area (Å²) in [5.74, 6) is 0.804. The molecule has 0 bridgehead atoms. The molecule has 2 rings (SSSR count). The normalized spacial score (nSPS) is 18.4. The molecule has 1 aliphatic heterocycles. The van der Waals surface area contributed by atoms with Gasteiger partial charge in [-0.25, -0.2) is 0 Å². The minimum atomic E-state index is -0.110. The predicted molar refractivity (Wildman–Crippen MR) is 76.5 cm³/mol. The molecule has 1 aliphatic rings. The number of carbonyl (C=O) groups excluding carboxylic acids is 1. The summed E-state index contributed by atoms with van der Waals surface area (Å²) in [6, 6.07) is 5.53. The second-order valence-corrected chi connectivity index (χ2v) is 4.66. The fourth-order valence-electron chi connectivity index (χ4n) is 2.54.